The van der Waals surface area contributed by atoms with E-state index in [0.717, 1.165) is 16.9 Å². The van der Waals surface area contributed by atoms with Crippen molar-refractivity contribution in [3.63, 3.8) is 0 Å². The molecule has 0 radical (unpaired) electrons. The zero-order valence-corrected chi connectivity index (χ0v) is 12.0. The van der Waals surface area contributed by atoms with Gasteiger partial charge in [0.25, 0.3) is 0 Å². The first-order valence-electron chi connectivity index (χ1n) is 7.33. The van der Waals surface area contributed by atoms with Gasteiger partial charge in [-0.05, 0) is 31.0 Å². The Morgan fingerprint density at radius 2 is 2.05 bits per heavy atom. The first kappa shape index (κ1) is 13.2. The minimum absolute atomic E-state index is 0.309. The van der Waals surface area contributed by atoms with Crippen LogP contribution in [0.1, 0.15) is 67.7 Å². The fourth-order valence-electron chi connectivity index (χ4n) is 3.20. The van der Waals surface area contributed by atoms with Crippen LogP contribution in [0.4, 0.5) is 0 Å². The van der Waals surface area contributed by atoms with Crippen LogP contribution >= 0.6 is 0 Å². The standard InChI is InChI=1S/C16H20N2O2/c1-10(2)15-17-13-9-11(16(19)20)7-8-14(13)18(15)12-5-3-4-6-12/h7-10,12H,3-6H2,1-2H3,(H,19,20). The molecule has 0 aliphatic heterocycles. The van der Waals surface area contributed by atoms with Crippen LogP contribution in [0, 0.1) is 0 Å². The molecular weight excluding hydrogens is 252 g/mol. The molecule has 1 aromatic heterocycles. The molecule has 1 saturated carbocycles. The Bertz CT molecular complexity index is 652. The Balaban J connectivity index is 2.19. The number of hydrogen-bond acceptors (Lipinski definition) is 2. The molecule has 3 rings (SSSR count). The summed E-state index contributed by atoms with van der Waals surface area (Å²) in [5, 5.41) is 9.11. The van der Waals surface area contributed by atoms with E-state index in [2.05, 4.69) is 18.4 Å². The van der Waals surface area contributed by atoms with Crippen LogP contribution in [0.5, 0.6) is 0 Å². The normalized spacial score (nSPS) is 16.4. The summed E-state index contributed by atoms with van der Waals surface area (Å²) in [4.78, 5) is 15.8. The maximum Gasteiger partial charge on any atom is 0.335 e. The smallest absolute Gasteiger partial charge is 0.335 e. The summed E-state index contributed by atoms with van der Waals surface area (Å²) in [6, 6.07) is 5.81. The number of aromatic carboxylic acids is 1. The van der Waals surface area contributed by atoms with Gasteiger partial charge in [0, 0.05) is 12.0 Å². The summed E-state index contributed by atoms with van der Waals surface area (Å²) < 4.78 is 2.35. The van der Waals surface area contributed by atoms with E-state index in [9.17, 15) is 4.79 Å². The minimum atomic E-state index is -0.895. The second kappa shape index (κ2) is 4.93. The monoisotopic (exact) mass is 272 g/mol. The van der Waals surface area contributed by atoms with E-state index in [1.807, 2.05) is 6.07 Å². The third kappa shape index (κ3) is 2.09. The number of hydrogen-bond donors (Lipinski definition) is 1. The quantitative estimate of drug-likeness (QED) is 0.919. The van der Waals surface area contributed by atoms with Crippen molar-refractivity contribution < 1.29 is 9.90 Å². The summed E-state index contributed by atoms with van der Waals surface area (Å²) >= 11 is 0. The van der Waals surface area contributed by atoms with Crippen LogP contribution in [0.2, 0.25) is 0 Å². The van der Waals surface area contributed by atoms with Gasteiger partial charge in [0.15, 0.2) is 0 Å². The van der Waals surface area contributed by atoms with Gasteiger partial charge in [0.1, 0.15) is 5.82 Å². The molecular formula is C16H20N2O2. The highest BCUT2D eigenvalue weighted by molar-refractivity contribution is 5.92. The lowest BCUT2D eigenvalue weighted by Crippen LogP contribution is -2.10. The SMILES string of the molecule is CC(C)c1nc2cc(C(=O)O)ccc2n1C1CCCC1. The predicted octanol–water partition coefficient (Wildman–Crippen LogP) is 3.97. The van der Waals surface area contributed by atoms with Crippen molar-refractivity contribution in [2.24, 2.45) is 0 Å². The lowest BCUT2D eigenvalue weighted by Gasteiger charge is -2.18. The Kier molecular flexibility index (Phi) is 3.24. The van der Waals surface area contributed by atoms with Crippen molar-refractivity contribution >= 4 is 17.0 Å². The van der Waals surface area contributed by atoms with E-state index >= 15 is 0 Å². The molecule has 0 bridgehead atoms. The number of carboxylic acid groups (broad SMARTS) is 1. The van der Waals surface area contributed by atoms with Gasteiger partial charge >= 0.3 is 5.97 Å². The zero-order valence-electron chi connectivity index (χ0n) is 12.0. The van der Waals surface area contributed by atoms with E-state index in [1.54, 1.807) is 12.1 Å². The fourth-order valence-corrected chi connectivity index (χ4v) is 3.20. The lowest BCUT2D eigenvalue weighted by molar-refractivity contribution is 0.0697. The van der Waals surface area contributed by atoms with Gasteiger partial charge in [-0.1, -0.05) is 26.7 Å². The van der Waals surface area contributed by atoms with Crippen LogP contribution in [0.3, 0.4) is 0 Å². The highest BCUT2D eigenvalue weighted by Gasteiger charge is 2.24. The number of benzene rings is 1. The topological polar surface area (TPSA) is 55.1 Å². The highest BCUT2D eigenvalue weighted by atomic mass is 16.4. The summed E-state index contributed by atoms with van der Waals surface area (Å²) in [5.41, 5.74) is 2.19. The van der Waals surface area contributed by atoms with Crippen molar-refractivity contribution in [1.82, 2.24) is 9.55 Å². The average molecular weight is 272 g/mol. The number of carboxylic acids is 1. The fraction of sp³-hybridized carbons (Fsp3) is 0.500. The molecule has 1 heterocycles. The summed E-state index contributed by atoms with van der Waals surface area (Å²) in [6.45, 7) is 4.29. The molecule has 1 N–H and O–H groups in total. The molecule has 4 nitrogen and oxygen atoms in total. The van der Waals surface area contributed by atoms with Crippen molar-refractivity contribution in [3.8, 4) is 0 Å². The number of aromatic nitrogens is 2. The largest absolute Gasteiger partial charge is 0.478 e. The van der Waals surface area contributed by atoms with Crippen LogP contribution in [0.15, 0.2) is 18.2 Å². The Morgan fingerprint density at radius 1 is 1.35 bits per heavy atom. The molecule has 1 aliphatic carbocycles. The average Bonchev–Trinajstić information content (AvgIpc) is 3.03. The molecule has 0 saturated heterocycles. The summed E-state index contributed by atoms with van der Waals surface area (Å²) in [7, 11) is 0. The van der Waals surface area contributed by atoms with Crippen LogP contribution in [0.25, 0.3) is 11.0 Å². The van der Waals surface area contributed by atoms with Gasteiger partial charge in [0.2, 0.25) is 0 Å². The van der Waals surface area contributed by atoms with Crippen LogP contribution in [-0.4, -0.2) is 20.6 Å². The molecule has 0 spiro atoms. The van der Waals surface area contributed by atoms with Gasteiger partial charge < -0.3 is 9.67 Å². The molecule has 106 valence electrons. The van der Waals surface area contributed by atoms with Crippen LogP contribution in [-0.2, 0) is 0 Å². The molecule has 1 fully saturated rings. The number of carbonyl (C=O) groups is 1. The van der Waals surface area contributed by atoms with Gasteiger partial charge in [-0.25, -0.2) is 9.78 Å². The maximum atomic E-state index is 11.1. The van der Waals surface area contributed by atoms with E-state index in [4.69, 9.17) is 10.1 Å². The maximum absolute atomic E-state index is 11.1. The molecule has 0 atom stereocenters. The van der Waals surface area contributed by atoms with Crippen molar-refractivity contribution in [3.05, 3.63) is 29.6 Å². The van der Waals surface area contributed by atoms with Gasteiger partial charge in [0.05, 0.1) is 16.6 Å². The second-order valence-electron chi connectivity index (χ2n) is 5.94. The molecule has 2 aromatic rings. The number of nitrogens with zero attached hydrogens (tertiary/aromatic N) is 2. The lowest BCUT2D eigenvalue weighted by atomic mass is 10.1. The molecule has 1 aliphatic rings. The van der Waals surface area contributed by atoms with Crippen LogP contribution < -0.4 is 0 Å². The van der Waals surface area contributed by atoms with E-state index < -0.39 is 5.97 Å². The molecule has 1 aromatic carbocycles. The van der Waals surface area contributed by atoms with E-state index in [-0.39, 0.29) is 0 Å². The highest BCUT2D eigenvalue weighted by Crippen LogP contribution is 2.35. The number of fused-ring (bicyclic) bond motifs is 1. The molecule has 4 heteroatoms. The van der Waals surface area contributed by atoms with Gasteiger partial charge in [-0.2, -0.15) is 0 Å². The van der Waals surface area contributed by atoms with Gasteiger partial charge in [-0.3, -0.25) is 0 Å². The minimum Gasteiger partial charge on any atom is -0.478 e. The number of rotatable bonds is 3. The van der Waals surface area contributed by atoms with Gasteiger partial charge in [-0.15, -0.1) is 0 Å². The number of imidazole rings is 1. The van der Waals surface area contributed by atoms with Crippen molar-refractivity contribution in [2.75, 3.05) is 0 Å². The van der Waals surface area contributed by atoms with E-state index in [1.165, 1.54) is 25.7 Å². The second-order valence-corrected chi connectivity index (χ2v) is 5.94. The third-order valence-corrected chi connectivity index (χ3v) is 4.17. The molecule has 0 unspecified atom stereocenters. The summed E-state index contributed by atoms with van der Waals surface area (Å²) in [6.07, 6.45) is 4.95. The predicted molar refractivity (Wildman–Crippen MR) is 78.3 cm³/mol. The Morgan fingerprint density at radius 3 is 2.65 bits per heavy atom. The van der Waals surface area contributed by atoms with Crippen molar-refractivity contribution in [2.45, 2.75) is 51.5 Å². The Hall–Kier alpha value is -1.84. The Labute approximate surface area is 118 Å². The summed E-state index contributed by atoms with van der Waals surface area (Å²) in [5.74, 6) is 0.527. The first-order valence-corrected chi connectivity index (χ1v) is 7.33. The molecule has 20 heavy (non-hydrogen) atoms. The third-order valence-electron chi connectivity index (χ3n) is 4.17. The van der Waals surface area contributed by atoms with Crippen molar-refractivity contribution in [1.29, 1.82) is 0 Å². The van der Waals surface area contributed by atoms with E-state index in [0.29, 0.717) is 17.5 Å². The zero-order chi connectivity index (χ0) is 14.3. The first-order chi connectivity index (χ1) is 9.58. The molecule has 0 amide bonds.